The van der Waals surface area contributed by atoms with Crippen LogP contribution in [-0.2, 0) is 27.6 Å². The first-order chi connectivity index (χ1) is 15.8. The van der Waals surface area contributed by atoms with E-state index in [2.05, 4.69) is 36.6 Å². The van der Waals surface area contributed by atoms with Crippen molar-refractivity contribution in [3.63, 3.8) is 0 Å². The first-order valence-corrected chi connectivity index (χ1v) is 14.2. The van der Waals surface area contributed by atoms with Crippen molar-refractivity contribution in [2.45, 2.75) is 44.4 Å². The highest BCUT2D eigenvalue weighted by Gasteiger charge is 2.34. The first kappa shape index (κ1) is 23.8. The SMILES string of the molecule is CC(C)CN(C(=O)CSc1nc2ccccc2n1CCc1ccccc1)C1CCS(=O)(=O)C1. The maximum atomic E-state index is 13.2. The van der Waals surface area contributed by atoms with Crippen LogP contribution in [0, 0.1) is 5.92 Å². The molecule has 1 amide bonds. The molecule has 1 fully saturated rings. The van der Waals surface area contributed by atoms with Crippen LogP contribution >= 0.6 is 11.8 Å². The molecule has 6 nitrogen and oxygen atoms in total. The van der Waals surface area contributed by atoms with Crippen LogP contribution in [0.15, 0.2) is 59.8 Å². The number of nitrogens with zero attached hydrogens (tertiary/aromatic N) is 3. The van der Waals surface area contributed by atoms with E-state index < -0.39 is 9.84 Å². The summed E-state index contributed by atoms with van der Waals surface area (Å²) in [6.07, 6.45) is 1.41. The molecule has 1 atom stereocenters. The van der Waals surface area contributed by atoms with Gasteiger partial charge in [0.15, 0.2) is 15.0 Å². The lowest BCUT2D eigenvalue weighted by molar-refractivity contribution is -0.130. The van der Waals surface area contributed by atoms with Crippen LogP contribution < -0.4 is 0 Å². The molecule has 1 aromatic heterocycles. The number of carbonyl (C=O) groups is 1. The third kappa shape index (κ3) is 5.98. The Bertz CT molecular complexity index is 1210. The van der Waals surface area contributed by atoms with E-state index >= 15 is 0 Å². The molecule has 0 saturated carbocycles. The molecule has 2 heterocycles. The van der Waals surface area contributed by atoms with E-state index in [9.17, 15) is 13.2 Å². The van der Waals surface area contributed by atoms with Gasteiger partial charge < -0.3 is 9.47 Å². The van der Waals surface area contributed by atoms with Gasteiger partial charge in [-0.05, 0) is 36.5 Å². The van der Waals surface area contributed by atoms with Gasteiger partial charge in [-0.15, -0.1) is 0 Å². The van der Waals surface area contributed by atoms with Crippen LogP contribution in [0.3, 0.4) is 0 Å². The summed E-state index contributed by atoms with van der Waals surface area (Å²) in [6, 6.07) is 18.2. The summed E-state index contributed by atoms with van der Waals surface area (Å²) in [5.41, 5.74) is 3.23. The van der Waals surface area contributed by atoms with Gasteiger partial charge in [-0.3, -0.25) is 4.79 Å². The minimum atomic E-state index is -3.05. The first-order valence-electron chi connectivity index (χ1n) is 11.4. The zero-order valence-corrected chi connectivity index (χ0v) is 20.8. The average Bonchev–Trinajstić information content (AvgIpc) is 3.34. The molecule has 0 spiro atoms. The highest BCUT2D eigenvalue weighted by molar-refractivity contribution is 7.99. The molecule has 1 saturated heterocycles. The fourth-order valence-electron chi connectivity index (χ4n) is 4.34. The highest BCUT2D eigenvalue weighted by Crippen LogP contribution is 2.26. The molecule has 1 aliphatic heterocycles. The summed E-state index contributed by atoms with van der Waals surface area (Å²) in [5.74, 6) is 0.751. The monoisotopic (exact) mass is 485 g/mol. The Hall–Kier alpha value is -2.32. The van der Waals surface area contributed by atoms with Crippen molar-refractivity contribution in [3.05, 3.63) is 60.2 Å². The summed E-state index contributed by atoms with van der Waals surface area (Å²) in [5, 5.41) is 0.823. The molecular formula is C25H31N3O3S2. The Labute approximate surface area is 200 Å². The highest BCUT2D eigenvalue weighted by atomic mass is 32.2. The van der Waals surface area contributed by atoms with Crippen molar-refractivity contribution >= 4 is 38.5 Å². The number of imidazole rings is 1. The van der Waals surface area contributed by atoms with Crippen molar-refractivity contribution in [2.24, 2.45) is 5.92 Å². The number of fused-ring (bicyclic) bond motifs is 1. The van der Waals surface area contributed by atoms with Gasteiger partial charge in [0, 0.05) is 19.1 Å². The van der Waals surface area contributed by atoms with Gasteiger partial charge in [-0.25, -0.2) is 13.4 Å². The van der Waals surface area contributed by atoms with Gasteiger partial charge >= 0.3 is 0 Å². The smallest absolute Gasteiger partial charge is 0.233 e. The van der Waals surface area contributed by atoms with Crippen molar-refractivity contribution in [1.82, 2.24) is 14.5 Å². The topological polar surface area (TPSA) is 72.3 Å². The summed E-state index contributed by atoms with van der Waals surface area (Å²) < 4.78 is 26.2. The van der Waals surface area contributed by atoms with Gasteiger partial charge in [0.25, 0.3) is 0 Å². The Morgan fingerprint density at radius 2 is 1.88 bits per heavy atom. The number of thioether (sulfide) groups is 1. The van der Waals surface area contributed by atoms with E-state index in [4.69, 9.17) is 4.98 Å². The number of amides is 1. The number of carbonyl (C=O) groups excluding carboxylic acids is 1. The lowest BCUT2D eigenvalue weighted by atomic mass is 10.1. The maximum absolute atomic E-state index is 13.2. The zero-order chi connectivity index (χ0) is 23.4. The molecule has 1 aliphatic rings. The number of aryl methyl sites for hydroxylation is 2. The van der Waals surface area contributed by atoms with E-state index in [1.54, 1.807) is 4.90 Å². The standard InChI is InChI=1S/C25H31N3O3S2/c1-19(2)16-28(21-13-15-33(30,31)18-21)24(29)17-32-25-26-22-10-6-7-11-23(22)27(25)14-12-20-8-4-3-5-9-20/h3-11,19,21H,12-18H2,1-2H3. The Morgan fingerprint density at radius 1 is 1.15 bits per heavy atom. The number of aromatic nitrogens is 2. The molecule has 0 radical (unpaired) electrons. The van der Waals surface area contributed by atoms with Crippen LogP contribution in [0.4, 0.5) is 0 Å². The van der Waals surface area contributed by atoms with Gasteiger partial charge in [0.1, 0.15) is 0 Å². The fraction of sp³-hybridized carbons (Fsp3) is 0.440. The molecule has 1 unspecified atom stereocenters. The van der Waals surface area contributed by atoms with Crippen molar-refractivity contribution in [2.75, 3.05) is 23.8 Å². The van der Waals surface area contributed by atoms with E-state index in [-0.39, 0.29) is 35.1 Å². The average molecular weight is 486 g/mol. The van der Waals surface area contributed by atoms with Gasteiger partial charge in [0.05, 0.1) is 28.3 Å². The molecule has 0 bridgehead atoms. The minimum absolute atomic E-state index is 0.0162. The Morgan fingerprint density at radius 3 is 2.58 bits per heavy atom. The van der Waals surface area contributed by atoms with Gasteiger partial charge in [-0.1, -0.05) is 68.1 Å². The molecule has 2 aromatic carbocycles. The zero-order valence-electron chi connectivity index (χ0n) is 19.2. The molecule has 33 heavy (non-hydrogen) atoms. The number of sulfone groups is 1. The van der Waals surface area contributed by atoms with E-state index in [0.29, 0.717) is 13.0 Å². The number of benzene rings is 2. The van der Waals surface area contributed by atoms with Crippen molar-refractivity contribution in [3.8, 4) is 0 Å². The number of hydrogen-bond donors (Lipinski definition) is 0. The maximum Gasteiger partial charge on any atom is 0.233 e. The predicted octanol–water partition coefficient (Wildman–Crippen LogP) is 4.04. The second-order valence-corrected chi connectivity index (χ2v) is 12.2. The summed E-state index contributed by atoms with van der Waals surface area (Å²) >= 11 is 1.44. The molecule has 8 heteroatoms. The van der Waals surface area contributed by atoms with Crippen LogP contribution in [0.1, 0.15) is 25.8 Å². The largest absolute Gasteiger partial charge is 0.338 e. The second-order valence-electron chi connectivity index (χ2n) is 9.06. The lowest BCUT2D eigenvalue weighted by Gasteiger charge is -2.30. The Balaban J connectivity index is 1.51. The van der Waals surface area contributed by atoms with Crippen LogP contribution in [0.25, 0.3) is 11.0 Å². The number of rotatable bonds is 9. The summed E-state index contributed by atoms with van der Waals surface area (Å²) in [6.45, 7) is 5.46. The minimum Gasteiger partial charge on any atom is -0.338 e. The van der Waals surface area contributed by atoms with Crippen LogP contribution in [-0.4, -0.2) is 58.6 Å². The van der Waals surface area contributed by atoms with Gasteiger partial charge in [0.2, 0.25) is 5.91 Å². The summed E-state index contributed by atoms with van der Waals surface area (Å²) in [7, 11) is -3.05. The van der Waals surface area contributed by atoms with E-state index in [1.807, 2.05) is 36.4 Å². The normalized spacial score (nSPS) is 17.6. The second kappa shape index (κ2) is 10.3. The molecule has 0 aliphatic carbocycles. The van der Waals surface area contributed by atoms with E-state index in [0.717, 1.165) is 29.2 Å². The summed E-state index contributed by atoms with van der Waals surface area (Å²) in [4.78, 5) is 19.8. The van der Waals surface area contributed by atoms with Gasteiger partial charge in [-0.2, -0.15) is 0 Å². The van der Waals surface area contributed by atoms with E-state index in [1.165, 1.54) is 17.3 Å². The third-order valence-electron chi connectivity index (χ3n) is 5.94. The molecule has 176 valence electrons. The van der Waals surface area contributed by atoms with Crippen LogP contribution in [0.2, 0.25) is 0 Å². The van der Waals surface area contributed by atoms with Crippen LogP contribution in [0.5, 0.6) is 0 Å². The van der Waals surface area contributed by atoms with Crippen molar-refractivity contribution in [1.29, 1.82) is 0 Å². The lowest BCUT2D eigenvalue weighted by Crippen LogP contribution is -2.44. The number of hydrogen-bond acceptors (Lipinski definition) is 5. The fourth-order valence-corrected chi connectivity index (χ4v) is 7.00. The molecular weight excluding hydrogens is 454 g/mol. The quantitative estimate of drug-likeness (QED) is 0.428. The Kier molecular flexibility index (Phi) is 7.44. The predicted molar refractivity (Wildman–Crippen MR) is 134 cm³/mol. The molecule has 0 N–H and O–H groups in total. The molecule has 4 rings (SSSR count). The molecule has 3 aromatic rings. The number of para-hydroxylation sites is 2. The van der Waals surface area contributed by atoms with Crippen molar-refractivity contribution < 1.29 is 13.2 Å². The third-order valence-corrected chi connectivity index (χ3v) is 8.65.